The highest BCUT2D eigenvalue weighted by atomic mass is 35.5. The normalized spacial score (nSPS) is 12.9. The number of rotatable bonds is 3. The molecule has 0 fully saturated rings. The first-order valence-corrected chi connectivity index (χ1v) is 6.00. The predicted octanol–water partition coefficient (Wildman–Crippen LogP) is 2.09. The number of aliphatic carboxylic acids is 1. The lowest BCUT2D eigenvalue weighted by Crippen LogP contribution is -2.32. The highest BCUT2D eigenvalue weighted by molar-refractivity contribution is 6.31. The Morgan fingerprint density at radius 1 is 1.56 bits per heavy atom. The maximum Gasteiger partial charge on any atom is 0.320 e. The monoisotopic (exact) mass is 266 g/mol. The van der Waals surface area contributed by atoms with Crippen LogP contribution >= 0.6 is 11.6 Å². The molecule has 5 heteroatoms. The van der Waals surface area contributed by atoms with Gasteiger partial charge in [-0.3, -0.25) is 4.79 Å². The molecule has 2 rings (SSSR count). The van der Waals surface area contributed by atoms with Crippen molar-refractivity contribution >= 4 is 28.5 Å². The summed E-state index contributed by atoms with van der Waals surface area (Å²) < 4.78 is 1.94. The SMILES string of the molecule is Cc1cc(Cl)cc2c1c(CC(N)C(=O)O)cn2C. The van der Waals surface area contributed by atoms with Crippen molar-refractivity contribution in [1.82, 2.24) is 4.57 Å². The van der Waals surface area contributed by atoms with Crippen molar-refractivity contribution in [2.24, 2.45) is 12.8 Å². The Morgan fingerprint density at radius 3 is 2.83 bits per heavy atom. The molecular weight excluding hydrogens is 252 g/mol. The molecular formula is C13H15ClN2O2. The first kappa shape index (κ1) is 12.9. The fourth-order valence-electron chi connectivity index (χ4n) is 2.27. The van der Waals surface area contributed by atoms with E-state index in [0.29, 0.717) is 11.4 Å². The van der Waals surface area contributed by atoms with E-state index in [9.17, 15) is 4.79 Å². The molecule has 1 atom stereocenters. The minimum Gasteiger partial charge on any atom is -0.480 e. The molecule has 0 radical (unpaired) electrons. The van der Waals surface area contributed by atoms with E-state index in [4.69, 9.17) is 22.4 Å². The minimum atomic E-state index is -0.987. The molecule has 1 heterocycles. The fourth-order valence-corrected chi connectivity index (χ4v) is 2.54. The van der Waals surface area contributed by atoms with Gasteiger partial charge in [0.05, 0.1) is 0 Å². The molecule has 0 saturated carbocycles. The van der Waals surface area contributed by atoms with Crippen LogP contribution in [-0.2, 0) is 18.3 Å². The molecule has 0 spiro atoms. The largest absolute Gasteiger partial charge is 0.480 e. The van der Waals surface area contributed by atoms with Crippen LogP contribution in [0, 0.1) is 6.92 Å². The third-order valence-corrected chi connectivity index (χ3v) is 3.31. The molecule has 1 aromatic heterocycles. The highest BCUT2D eigenvalue weighted by Gasteiger charge is 2.17. The third-order valence-electron chi connectivity index (χ3n) is 3.09. The van der Waals surface area contributed by atoms with Gasteiger partial charge >= 0.3 is 5.97 Å². The van der Waals surface area contributed by atoms with Crippen molar-refractivity contribution in [3.8, 4) is 0 Å². The molecule has 3 N–H and O–H groups in total. The summed E-state index contributed by atoms with van der Waals surface area (Å²) in [6.45, 7) is 1.96. The molecule has 0 aliphatic rings. The van der Waals surface area contributed by atoms with E-state index in [1.165, 1.54) is 0 Å². The zero-order chi connectivity index (χ0) is 13.4. The van der Waals surface area contributed by atoms with Crippen molar-refractivity contribution in [1.29, 1.82) is 0 Å². The molecule has 1 unspecified atom stereocenters. The van der Waals surface area contributed by atoms with Gasteiger partial charge in [0.25, 0.3) is 0 Å². The second-order valence-corrected chi connectivity index (χ2v) is 4.97. The van der Waals surface area contributed by atoms with Gasteiger partial charge < -0.3 is 15.4 Å². The van der Waals surface area contributed by atoms with Crippen molar-refractivity contribution in [2.45, 2.75) is 19.4 Å². The predicted molar refractivity (Wildman–Crippen MR) is 72.0 cm³/mol. The first-order valence-electron chi connectivity index (χ1n) is 5.62. The minimum absolute atomic E-state index is 0.315. The summed E-state index contributed by atoms with van der Waals surface area (Å²) >= 11 is 6.03. The van der Waals surface area contributed by atoms with Crippen LogP contribution in [0.4, 0.5) is 0 Å². The number of fused-ring (bicyclic) bond motifs is 1. The number of carboxylic acids is 1. The van der Waals surface area contributed by atoms with Crippen LogP contribution in [0.5, 0.6) is 0 Å². The Bertz CT molecular complexity index is 619. The second-order valence-electron chi connectivity index (χ2n) is 4.53. The molecule has 0 aliphatic heterocycles. The quantitative estimate of drug-likeness (QED) is 0.894. The molecule has 1 aromatic carbocycles. The Hall–Kier alpha value is -1.52. The van der Waals surface area contributed by atoms with E-state index >= 15 is 0 Å². The van der Waals surface area contributed by atoms with Crippen LogP contribution in [0.2, 0.25) is 5.02 Å². The number of nitrogens with zero attached hydrogens (tertiary/aromatic N) is 1. The summed E-state index contributed by atoms with van der Waals surface area (Å²) in [7, 11) is 1.91. The number of carboxylic acid groups (broad SMARTS) is 1. The topological polar surface area (TPSA) is 68.2 Å². The number of hydrogen-bond acceptors (Lipinski definition) is 2. The van der Waals surface area contributed by atoms with Crippen LogP contribution in [0.3, 0.4) is 0 Å². The Balaban J connectivity index is 2.56. The number of halogens is 1. The van der Waals surface area contributed by atoms with Crippen molar-refractivity contribution in [2.75, 3.05) is 0 Å². The zero-order valence-corrected chi connectivity index (χ0v) is 11.0. The third kappa shape index (κ3) is 2.21. The molecule has 4 nitrogen and oxygen atoms in total. The maximum atomic E-state index is 10.8. The summed E-state index contributed by atoms with van der Waals surface area (Å²) in [5.41, 5.74) is 8.56. The zero-order valence-electron chi connectivity index (χ0n) is 10.3. The molecule has 0 aliphatic carbocycles. The first-order chi connectivity index (χ1) is 8.40. The summed E-state index contributed by atoms with van der Waals surface area (Å²) in [5, 5.41) is 10.6. The van der Waals surface area contributed by atoms with Crippen LogP contribution in [0.1, 0.15) is 11.1 Å². The number of benzene rings is 1. The standard InChI is InChI=1S/C13H15ClN2O2/c1-7-3-9(14)5-11-12(7)8(6-16(11)2)4-10(15)13(17)18/h3,5-6,10H,4,15H2,1-2H3,(H,17,18). The van der Waals surface area contributed by atoms with Gasteiger partial charge in [0.2, 0.25) is 0 Å². The number of hydrogen-bond donors (Lipinski definition) is 2. The summed E-state index contributed by atoms with van der Waals surface area (Å²) in [4.78, 5) is 10.8. The second kappa shape index (κ2) is 4.63. The van der Waals surface area contributed by atoms with Gasteiger partial charge in [0.15, 0.2) is 0 Å². The van der Waals surface area contributed by atoms with Crippen molar-refractivity contribution in [3.63, 3.8) is 0 Å². The highest BCUT2D eigenvalue weighted by Crippen LogP contribution is 2.28. The van der Waals surface area contributed by atoms with Gasteiger partial charge in [-0.25, -0.2) is 0 Å². The molecule has 0 bridgehead atoms. The summed E-state index contributed by atoms with van der Waals surface area (Å²) in [5.74, 6) is -0.987. The van der Waals surface area contributed by atoms with Crippen molar-refractivity contribution in [3.05, 3.63) is 34.5 Å². The molecule has 18 heavy (non-hydrogen) atoms. The van der Waals surface area contributed by atoms with Crippen molar-refractivity contribution < 1.29 is 9.90 Å². The molecule has 96 valence electrons. The summed E-state index contributed by atoms with van der Waals surface area (Å²) in [6, 6.07) is 2.87. The van der Waals surface area contributed by atoms with E-state index in [2.05, 4.69) is 0 Å². The fraction of sp³-hybridized carbons (Fsp3) is 0.308. The molecule has 2 aromatic rings. The van der Waals surface area contributed by atoms with E-state index < -0.39 is 12.0 Å². The van der Waals surface area contributed by atoms with E-state index in [1.54, 1.807) is 0 Å². The number of nitrogens with two attached hydrogens (primary N) is 1. The lowest BCUT2D eigenvalue weighted by Gasteiger charge is -2.06. The number of aromatic nitrogens is 1. The lowest BCUT2D eigenvalue weighted by molar-refractivity contribution is -0.138. The number of carbonyl (C=O) groups is 1. The van der Waals surface area contributed by atoms with Crippen LogP contribution < -0.4 is 5.73 Å². The Labute approximate surface area is 110 Å². The van der Waals surface area contributed by atoms with Crippen LogP contribution in [0.25, 0.3) is 10.9 Å². The van der Waals surface area contributed by atoms with E-state index in [1.807, 2.05) is 36.9 Å². The van der Waals surface area contributed by atoms with Gasteiger partial charge in [-0.1, -0.05) is 11.6 Å². The van der Waals surface area contributed by atoms with Crippen LogP contribution in [0.15, 0.2) is 18.3 Å². The van der Waals surface area contributed by atoms with Gasteiger partial charge in [0, 0.05) is 35.6 Å². The Kier molecular flexibility index (Phi) is 3.32. The lowest BCUT2D eigenvalue weighted by atomic mass is 10.0. The average Bonchev–Trinajstić information content (AvgIpc) is 2.55. The molecule has 0 amide bonds. The van der Waals surface area contributed by atoms with Gasteiger partial charge in [0.1, 0.15) is 6.04 Å². The smallest absolute Gasteiger partial charge is 0.320 e. The van der Waals surface area contributed by atoms with Gasteiger partial charge in [-0.15, -0.1) is 0 Å². The maximum absolute atomic E-state index is 10.8. The van der Waals surface area contributed by atoms with Crippen LogP contribution in [-0.4, -0.2) is 21.7 Å². The van der Waals surface area contributed by atoms with E-state index in [0.717, 1.165) is 22.0 Å². The average molecular weight is 267 g/mol. The summed E-state index contributed by atoms with van der Waals surface area (Å²) in [6.07, 6.45) is 2.23. The van der Waals surface area contributed by atoms with Gasteiger partial charge in [-0.05, 0) is 30.2 Å². The van der Waals surface area contributed by atoms with Gasteiger partial charge in [-0.2, -0.15) is 0 Å². The Morgan fingerprint density at radius 2 is 2.22 bits per heavy atom. The molecule has 0 saturated heterocycles. The van der Waals surface area contributed by atoms with E-state index in [-0.39, 0.29) is 0 Å². The number of aryl methyl sites for hydroxylation is 2.